The Labute approximate surface area is 95.6 Å². The van der Waals surface area contributed by atoms with Gasteiger partial charge in [0.15, 0.2) is 0 Å². The van der Waals surface area contributed by atoms with Crippen LogP contribution in [0.1, 0.15) is 25.3 Å². The number of hydrogen-bond acceptors (Lipinski definition) is 1. The Morgan fingerprint density at radius 2 is 2.07 bits per heavy atom. The fourth-order valence-electron chi connectivity index (χ4n) is 1.28. The van der Waals surface area contributed by atoms with Gasteiger partial charge in [-0.05, 0) is 12.0 Å². The van der Waals surface area contributed by atoms with Crippen molar-refractivity contribution >= 4 is 17.5 Å². The van der Waals surface area contributed by atoms with E-state index in [1.54, 1.807) is 0 Å². The summed E-state index contributed by atoms with van der Waals surface area (Å²) in [7, 11) is 0. The fraction of sp³-hybridized carbons (Fsp3) is 0.417. The largest absolute Gasteiger partial charge is 0.351 e. The first-order valence-corrected chi connectivity index (χ1v) is 5.63. The van der Waals surface area contributed by atoms with Crippen LogP contribution >= 0.6 is 11.6 Å². The average molecular weight is 226 g/mol. The molecule has 15 heavy (non-hydrogen) atoms. The molecule has 1 amide bonds. The van der Waals surface area contributed by atoms with E-state index in [1.165, 1.54) is 0 Å². The number of rotatable bonds is 5. The number of benzene rings is 1. The van der Waals surface area contributed by atoms with Crippen molar-refractivity contribution in [2.24, 2.45) is 0 Å². The van der Waals surface area contributed by atoms with Crippen molar-refractivity contribution < 1.29 is 4.79 Å². The molecular weight excluding hydrogens is 210 g/mol. The molecule has 1 atom stereocenters. The second kappa shape index (κ2) is 6.46. The van der Waals surface area contributed by atoms with Gasteiger partial charge in [0, 0.05) is 6.54 Å². The Kier molecular flexibility index (Phi) is 5.19. The Morgan fingerprint density at radius 3 is 2.67 bits per heavy atom. The molecule has 3 heteroatoms. The first-order valence-electron chi connectivity index (χ1n) is 5.19. The van der Waals surface area contributed by atoms with Crippen LogP contribution in [-0.2, 0) is 11.3 Å². The van der Waals surface area contributed by atoms with Gasteiger partial charge in [0.05, 0.1) is 0 Å². The zero-order valence-corrected chi connectivity index (χ0v) is 9.63. The van der Waals surface area contributed by atoms with E-state index in [2.05, 4.69) is 5.32 Å². The van der Waals surface area contributed by atoms with Crippen LogP contribution in [0.2, 0.25) is 0 Å². The minimum absolute atomic E-state index is 0.0811. The summed E-state index contributed by atoms with van der Waals surface area (Å²) in [6.45, 7) is 2.56. The number of nitrogens with one attached hydrogen (secondary N) is 1. The molecule has 0 fully saturated rings. The number of amides is 1. The van der Waals surface area contributed by atoms with Gasteiger partial charge in [0.25, 0.3) is 0 Å². The molecule has 0 saturated heterocycles. The molecule has 0 aromatic heterocycles. The third-order valence-corrected chi connectivity index (χ3v) is 2.55. The monoisotopic (exact) mass is 225 g/mol. The van der Waals surface area contributed by atoms with Crippen LogP contribution < -0.4 is 5.32 Å². The maximum absolute atomic E-state index is 11.5. The van der Waals surface area contributed by atoms with E-state index in [-0.39, 0.29) is 5.91 Å². The smallest absolute Gasteiger partial charge is 0.238 e. The van der Waals surface area contributed by atoms with Crippen LogP contribution in [0, 0.1) is 0 Å². The maximum Gasteiger partial charge on any atom is 0.238 e. The Bertz CT molecular complexity index is 300. The van der Waals surface area contributed by atoms with E-state index in [0.717, 1.165) is 18.4 Å². The number of carbonyl (C=O) groups is 1. The average Bonchev–Trinajstić information content (AvgIpc) is 2.27. The zero-order chi connectivity index (χ0) is 11.1. The lowest BCUT2D eigenvalue weighted by atomic mass is 10.2. The minimum atomic E-state index is -0.404. The first kappa shape index (κ1) is 12.1. The van der Waals surface area contributed by atoms with Gasteiger partial charge in [-0.3, -0.25) is 4.79 Å². The maximum atomic E-state index is 11.5. The number of carbonyl (C=O) groups excluding carboxylic acids is 1. The summed E-state index contributed by atoms with van der Waals surface area (Å²) < 4.78 is 0. The van der Waals surface area contributed by atoms with Gasteiger partial charge in [0.1, 0.15) is 5.38 Å². The molecule has 0 spiro atoms. The summed E-state index contributed by atoms with van der Waals surface area (Å²) in [5, 5.41) is 2.41. The van der Waals surface area contributed by atoms with E-state index in [4.69, 9.17) is 11.6 Å². The SMILES string of the molecule is CCCC(Cl)C(=O)NCc1ccccc1. The molecule has 0 heterocycles. The molecule has 1 rings (SSSR count). The second-order valence-electron chi connectivity index (χ2n) is 3.46. The molecule has 0 aliphatic rings. The fourth-order valence-corrected chi connectivity index (χ4v) is 1.58. The topological polar surface area (TPSA) is 29.1 Å². The summed E-state index contributed by atoms with van der Waals surface area (Å²) >= 11 is 5.89. The van der Waals surface area contributed by atoms with E-state index in [9.17, 15) is 4.79 Å². The highest BCUT2D eigenvalue weighted by atomic mass is 35.5. The van der Waals surface area contributed by atoms with Crippen LogP contribution in [-0.4, -0.2) is 11.3 Å². The predicted molar refractivity (Wildman–Crippen MR) is 62.8 cm³/mol. The molecule has 0 bridgehead atoms. The number of alkyl halides is 1. The van der Waals surface area contributed by atoms with Crippen LogP contribution in [0.3, 0.4) is 0 Å². The zero-order valence-electron chi connectivity index (χ0n) is 8.87. The van der Waals surface area contributed by atoms with Crippen molar-refractivity contribution in [1.29, 1.82) is 0 Å². The molecule has 0 aliphatic carbocycles. The molecule has 0 aliphatic heterocycles. The highest BCUT2D eigenvalue weighted by Gasteiger charge is 2.12. The third kappa shape index (κ3) is 4.34. The Morgan fingerprint density at radius 1 is 1.40 bits per heavy atom. The molecule has 1 N–H and O–H groups in total. The van der Waals surface area contributed by atoms with Gasteiger partial charge in [-0.15, -0.1) is 11.6 Å². The summed E-state index contributed by atoms with van der Waals surface area (Å²) in [6.07, 6.45) is 1.65. The van der Waals surface area contributed by atoms with Crippen LogP contribution in [0.25, 0.3) is 0 Å². The molecule has 1 aromatic rings. The van der Waals surface area contributed by atoms with Crippen molar-refractivity contribution in [2.75, 3.05) is 0 Å². The molecule has 1 aromatic carbocycles. The van der Waals surface area contributed by atoms with E-state index < -0.39 is 5.38 Å². The minimum Gasteiger partial charge on any atom is -0.351 e. The van der Waals surface area contributed by atoms with Crippen molar-refractivity contribution in [2.45, 2.75) is 31.7 Å². The summed E-state index contributed by atoms with van der Waals surface area (Å²) in [5.74, 6) is -0.0811. The highest BCUT2D eigenvalue weighted by Crippen LogP contribution is 2.05. The van der Waals surface area contributed by atoms with Gasteiger partial charge in [-0.25, -0.2) is 0 Å². The summed E-state index contributed by atoms with van der Waals surface area (Å²) in [5.41, 5.74) is 1.09. The number of halogens is 1. The van der Waals surface area contributed by atoms with Crippen molar-refractivity contribution in [1.82, 2.24) is 5.32 Å². The molecule has 0 saturated carbocycles. The summed E-state index contributed by atoms with van der Waals surface area (Å²) in [6, 6.07) is 9.80. The second-order valence-corrected chi connectivity index (χ2v) is 3.99. The molecule has 82 valence electrons. The van der Waals surface area contributed by atoms with Gasteiger partial charge in [-0.1, -0.05) is 43.7 Å². The van der Waals surface area contributed by atoms with Crippen LogP contribution in [0.4, 0.5) is 0 Å². The third-order valence-electron chi connectivity index (χ3n) is 2.14. The lowest BCUT2D eigenvalue weighted by Crippen LogP contribution is -2.30. The predicted octanol–water partition coefficient (Wildman–Crippen LogP) is 2.71. The lowest BCUT2D eigenvalue weighted by Gasteiger charge is -2.09. The van der Waals surface area contributed by atoms with Gasteiger partial charge >= 0.3 is 0 Å². The summed E-state index contributed by atoms with van der Waals surface area (Å²) in [4.78, 5) is 11.5. The van der Waals surface area contributed by atoms with Crippen LogP contribution in [0.15, 0.2) is 30.3 Å². The molecule has 1 unspecified atom stereocenters. The van der Waals surface area contributed by atoms with Crippen molar-refractivity contribution in [3.63, 3.8) is 0 Å². The molecule has 0 radical (unpaired) electrons. The normalized spacial score (nSPS) is 12.1. The quantitative estimate of drug-likeness (QED) is 0.768. The Balaban J connectivity index is 2.34. The van der Waals surface area contributed by atoms with Crippen LogP contribution in [0.5, 0.6) is 0 Å². The van der Waals surface area contributed by atoms with E-state index in [0.29, 0.717) is 6.54 Å². The standard InChI is InChI=1S/C12H16ClNO/c1-2-6-11(13)12(15)14-9-10-7-4-3-5-8-10/h3-5,7-8,11H,2,6,9H2,1H3,(H,14,15). The van der Waals surface area contributed by atoms with Gasteiger partial charge in [0.2, 0.25) is 5.91 Å². The molecular formula is C12H16ClNO. The number of hydrogen-bond donors (Lipinski definition) is 1. The Hall–Kier alpha value is -1.02. The van der Waals surface area contributed by atoms with Crippen molar-refractivity contribution in [3.8, 4) is 0 Å². The highest BCUT2D eigenvalue weighted by molar-refractivity contribution is 6.30. The molecule has 2 nitrogen and oxygen atoms in total. The van der Waals surface area contributed by atoms with Gasteiger partial charge < -0.3 is 5.32 Å². The van der Waals surface area contributed by atoms with E-state index >= 15 is 0 Å². The van der Waals surface area contributed by atoms with Crippen molar-refractivity contribution in [3.05, 3.63) is 35.9 Å². The van der Waals surface area contributed by atoms with E-state index in [1.807, 2.05) is 37.3 Å². The van der Waals surface area contributed by atoms with Gasteiger partial charge in [-0.2, -0.15) is 0 Å². The first-order chi connectivity index (χ1) is 7.24. The lowest BCUT2D eigenvalue weighted by molar-refractivity contribution is -0.121.